The predicted octanol–water partition coefficient (Wildman–Crippen LogP) is 3.21. The van der Waals surface area contributed by atoms with E-state index in [0.29, 0.717) is 13.0 Å². The first-order valence-corrected chi connectivity index (χ1v) is 8.11. The number of aliphatic hydroxyl groups excluding tert-OH is 1. The number of hydrogen-bond acceptors (Lipinski definition) is 4. The van der Waals surface area contributed by atoms with Crippen molar-refractivity contribution in [2.75, 3.05) is 19.7 Å². The molecule has 4 heteroatoms. The number of nitrogens with zero attached hydrogens (tertiary/aromatic N) is 1. The van der Waals surface area contributed by atoms with Gasteiger partial charge in [0.25, 0.3) is 0 Å². The molecule has 1 aromatic heterocycles. The number of ketones is 1. The second-order valence-corrected chi connectivity index (χ2v) is 5.94. The van der Waals surface area contributed by atoms with E-state index in [1.54, 1.807) is 0 Å². The van der Waals surface area contributed by atoms with Crippen LogP contribution in [0.15, 0.2) is 47.8 Å². The van der Waals surface area contributed by atoms with Gasteiger partial charge in [-0.25, -0.2) is 0 Å². The first kappa shape index (κ1) is 15.9. The molecule has 1 N–H and O–H groups in total. The normalized spacial score (nSPS) is 11.0. The number of thiophene rings is 1. The molecule has 2 rings (SSSR count). The summed E-state index contributed by atoms with van der Waals surface area (Å²) in [6.07, 6.45) is 1.39. The standard InChI is InChI=1S/C17H21NO2S/c19-12-11-18(14-15-6-2-1-3-7-15)10-4-8-16(20)17-9-5-13-21-17/h1-3,5-7,9,13,19H,4,8,10-12,14H2. The summed E-state index contributed by atoms with van der Waals surface area (Å²) in [5, 5.41) is 11.1. The van der Waals surface area contributed by atoms with Gasteiger partial charge in [0, 0.05) is 19.5 Å². The molecule has 0 unspecified atom stereocenters. The number of benzene rings is 1. The Morgan fingerprint density at radius 1 is 1.10 bits per heavy atom. The number of aliphatic hydroxyl groups is 1. The Morgan fingerprint density at radius 2 is 1.90 bits per heavy atom. The summed E-state index contributed by atoms with van der Waals surface area (Å²) in [6, 6.07) is 14.0. The van der Waals surface area contributed by atoms with E-state index in [0.717, 1.165) is 24.4 Å². The predicted molar refractivity (Wildman–Crippen MR) is 86.7 cm³/mol. The first-order chi connectivity index (χ1) is 10.3. The molecule has 3 nitrogen and oxygen atoms in total. The van der Waals surface area contributed by atoms with E-state index in [1.165, 1.54) is 16.9 Å². The summed E-state index contributed by atoms with van der Waals surface area (Å²) < 4.78 is 0. The van der Waals surface area contributed by atoms with Gasteiger partial charge in [-0.1, -0.05) is 36.4 Å². The molecule has 1 heterocycles. The van der Waals surface area contributed by atoms with Gasteiger partial charge in [0.15, 0.2) is 5.78 Å². The van der Waals surface area contributed by atoms with Gasteiger partial charge in [-0.15, -0.1) is 11.3 Å². The van der Waals surface area contributed by atoms with Crippen molar-refractivity contribution in [3.63, 3.8) is 0 Å². The van der Waals surface area contributed by atoms with Crippen LogP contribution in [0.1, 0.15) is 28.1 Å². The van der Waals surface area contributed by atoms with Crippen molar-refractivity contribution in [2.24, 2.45) is 0 Å². The molecule has 0 fully saturated rings. The fourth-order valence-corrected chi connectivity index (χ4v) is 2.97. The molecular weight excluding hydrogens is 282 g/mol. The third-order valence-electron chi connectivity index (χ3n) is 3.34. The maximum atomic E-state index is 11.9. The summed E-state index contributed by atoms with van der Waals surface area (Å²) in [5.41, 5.74) is 1.23. The van der Waals surface area contributed by atoms with Crippen LogP contribution in [0.4, 0.5) is 0 Å². The van der Waals surface area contributed by atoms with E-state index in [9.17, 15) is 4.79 Å². The number of rotatable bonds is 9. The van der Waals surface area contributed by atoms with Crippen LogP contribution in [0.5, 0.6) is 0 Å². The molecule has 0 atom stereocenters. The number of carbonyl (C=O) groups is 1. The Morgan fingerprint density at radius 3 is 2.57 bits per heavy atom. The quantitative estimate of drug-likeness (QED) is 0.723. The number of hydrogen-bond donors (Lipinski definition) is 1. The van der Waals surface area contributed by atoms with Crippen LogP contribution >= 0.6 is 11.3 Å². The SMILES string of the molecule is O=C(CCCN(CCO)Cc1ccccc1)c1cccs1. The van der Waals surface area contributed by atoms with Crippen LogP contribution in [0, 0.1) is 0 Å². The zero-order valence-electron chi connectivity index (χ0n) is 12.1. The molecule has 0 amide bonds. The number of Topliss-reactive ketones (excluding diaryl/α,β-unsaturated/α-hetero) is 1. The van der Waals surface area contributed by atoms with E-state index in [2.05, 4.69) is 17.0 Å². The largest absolute Gasteiger partial charge is 0.395 e. The van der Waals surface area contributed by atoms with Gasteiger partial charge in [0.1, 0.15) is 0 Å². The smallest absolute Gasteiger partial charge is 0.172 e. The molecule has 0 spiro atoms. The van der Waals surface area contributed by atoms with E-state index in [1.807, 2.05) is 35.7 Å². The van der Waals surface area contributed by atoms with Gasteiger partial charge in [-0.05, 0) is 30.0 Å². The van der Waals surface area contributed by atoms with Gasteiger partial charge in [-0.3, -0.25) is 9.69 Å². The minimum absolute atomic E-state index is 0.145. The summed E-state index contributed by atoms with van der Waals surface area (Å²) >= 11 is 1.50. The highest BCUT2D eigenvalue weighted by atomic mass is 32.1. The van der Waals surface area contributed by atoms with Crippen molar-refractivity contribution in [2.45, 2.75) is 19.4 Å². The van der Waals surface area contributed by atoms with E-state index >= 15 is 0 Å². The van der Waals surface area contributed by atoms with E-state index in [4.69, 9.17) is 5.11 Å². The first-order valence-electron chi connectivity index (χ1n) is 7.23. The average Bonchev–Trinajstić information content (AvgIpc) is 3.03. The van der Waals surface area contributed by atoms with E-state index < -0.39 is 0 Å². The number of carbonyl (C=O) groups excluding carboxylic acids is 1. The molecule has 2 aromatic rings. The van der Waals surface area contributed by atoms with Gasteiger partial charge in [0.2, 0.25) is 0 Å². The van der Waals surface area contributed by atoms with Gasteiger partial charge in [-0.2, -0.15) is 0 Å². The Hall–Kier alpha value is -1.49. The summed E-state index contributed by atoms with van der Waals surface area (Å²) in [5.74, 6) is 0.216. The fourth-order valence-electron chi connectivity index (χ4n) is 2.28. The highest BCUT2D eigenvalue weighted by molar-refractivity contribution is 7.12. The van der Waals surface area contributed by atoms with Crippen LogP contribution in [0.3, 0.4) is 0 Å². The summed E-state index contributed by atoms with van der Waals surface area (Å²) in [6.45, 7) is 2.43. The zero-order valence-corrected chi connectivity index (χ0v) is 12.9. The fraction of sp³-hybridized carbons (Fsp3) is 0.353. The second kappa shape index (κ2) is 8.72. The maximum Gasteiger partial charge on any atom is 0.172 e. The third kappa shape index (κ3) is 5.42. The van der Waals surface area contributed by atoms with Crippen LogP contribution < -0.4 is 0 Å². The van der Waals surface area contributed by atoms with Crippen molar-refractivity contribution in [1.82, 2.24) is 4.90 Å². The maximum absolute atomic E-state index is 11.9. The van der Waals surface area contributed by atoms with Gasteiger partial charge < -0.3 is 5.11 Å². The summed E-state index contributed by atoms with van der Waals surface area (Å²) in [4.78, 5) is 15.0. The molecule has 0 radical (unpaired) electrons. The van der Waals surface area contributed by atoms with Crippen LogP contribution in [-0.4, -0.2) is 35.5 Å². The van der Waals surface area contributed by atoms with Crippen molar-refractivity contribution in [3.8, 4) is 0 Å². The molecule has 112 valence electrons. The molecule has 0 aliphatic rings. The lowest BCUT2D eigenvalue weighted by atomic mass is 10.1. The molecule has 0 aliphatic heterocycles. The lowest BCUT2D eigenvalue weighted by Gasteiger charge is -2.21. The molecule has 0 saturated carbocycles. The van der Waals surface area contributed by atoms with Crippen LogP contribution in [0.25, 0.3) is 0 Å². The lowest BCUT2D eigenvalue weighted by molar-refractivity contribution is 0.0976. The van der Waals surface area contributed by atoms with E-state index in [-0.39, 0.29) is 12.4 Å². The Balaban J connectivity index is 1.79. The third-order valence-corrected chi connectivity index (χ3v) is 4.25. The highest BCUT2D eigenvalue weighted by Crippen LogP contribution is 2.13. The topological polar surface area (TPSA) is 40.5 Å². The Bertz CT molecular complexity index is 525. The van der Waals surface area contributed by atoms with Crippen molar-refractivity contribution >= 4 is 17.1 Å². The molecular formula is C17H21NO2S. The second-order valence-electron chi connectivity index (χ2n) is 4.99. The van der Waals surface area contributed by atoms with Crippen LogP contribution in [-0.2, 0) is 6.54 Å². The minimum atomic E-state index is 0.145. The zero-order chi connectivity index (χ0) is 14.9. The van der Waals surface area contributed by atoms with Crippen molar-refractivity contribution < 1.29 is 9.90 Å². The molecule has 21 heavy (non-hydrogen) atoms. The molecule has 0 aliphatic carbocycles. The Kier molecular flexibility index (Phi) is 6.60. The van der Waals surface area contributed by atoms with Crippen LogP contribution in [0.2, 0.25) is 0 Å². The highest BCUT2D eigenvalue weighted by Gasteiger charge is 2.09. The van der Waals surface area contributed by atoms with Gasteiger partial charge in [0.05, 0.1) is 11.5 Å². The Labute approximate surface area is 129 Å². The summed E-state index contributed by atoms with van der Waals surface area (Å²) in [7, 11) is 0. The van der Waals surface area contributed by atoms with Crippen molar-refractivity contribution in [3.05, 3.63) is 58.3 Å². The average molecular weight is 303 g/mol. The van der Waals surface area contributed by atoms with Crippen molar-refractivity contribution in [1.29, 1.82) is 0 Å². The monoisotopic (exact) mass is 303 g/mol. The molecule has 0 saturated heterocycles. The minimum Gasteiger partial charge on any atom is -0.395 e. The molecule has 1 aromatic carbocycles. The molecule has 0 bridgehead atoms. The lowest BCUT2D eigenvalue weighted by Crippen LogP contribution is -2.28. The van der Waals surface area contributed by atoms with Gasteiger partial charge >= 0.3 is 0 Å².